The van der Waals surface area contributed by atoms with E-state index in [1.54, 1.807) is 0 Å². The summed E-state index contributed by atoms with van der Waals surface area (Å²) < 4.78 is 65.2. The number of cyclic esters (lactones) is 1. The minimum absolute atomic E-state index is 0.0228. The Hall–Kier alpha value is -2.84. The quantitative estimate of drug-likeness (QED) is 0.638. The topological polar surface area (TPSA) is 64.6 Å². The van der Waals surface area contributed by atoms with Gasteiger partial charge in [0.15, 0.2) is 0 Å². The van der Waals surface area contributed by atoms with E-state index in [1.807, 2.05) is 0 Å². The Morgan fingerprint density at radius 1 is 1.33 bits per heavy atom. The van der Waals surface area contributed by atoms with Crippen LogP contribution in [0.1, 0.15) is 30.1 Å². The van der Waals surface area contributed by atoms with E-state index < -0.39 is 53.1 Å². The van der Waals surface area contributed by atoms with Gasteiger partial charge in [-0.1, -0.05) is 12.1 Å². The van der Waals surface area contributed by atoms with Gasteiger partial charge >= 0.3 is 11.9 Å². The van der Waals surface area contributed by atoms with Gasteiger partial charge in [0.25, 0.3) is 6.43 Å². The lowest BCUT2D eigenvalue weighted by Crippen LogP contribution is -2.34. The van der Waals surface area contributed by atoms with Crippen LogP contribution in [0.3, 0.4) is 0 Å². The fraction of sp³-hybridized carbons (Fsp3) is 0.333. The number of esters is 2. The van der Waals surface area contributed by atoms with Crippen LogP contribution in [0.4, 0.5) is 17.6 Å². The van der Waals surface area contributed by atoms with Crippen molar-refractivity contribution in [1.29, 1.82) is 0 Å². The molecule has 0 radical (unpaired) electrons. The molecule has 9 heteroatoms. The second-order valence-corrected chi connectivity index (χ2v) is 6.00. The summed E-state index contributed by atoms with van der Waals surface area (Å²) in [5.41, 5.74) is -2.03. The number of allylic oxidation sites excluding steroid dienone is 1. The van der Waals surface area contributed by atoms with Gasteiger partial charge in [-0.15, -0.1) is 0 Å². The van der Waals surface area contributed by atoms with Crippen LogP contribution in [0.2, 0.25) is 0 Å². The standard InChI is InChI=1S/C18H15F4NO4/c1-7(19)11-8(4-3-5-9(11)20)12-13-10(6-27-18(13)25)23-15(16(21)22)14(12)17(24)26-2/h3-5,7,12,16,23H,6H2,1-2H3/t7-,12+/m0/s1. The van der Waals surface area contributed by atoms with E-state index in [9.17, 15) is 27.2 Å². The van der Waals surface area contributed by atoms with Crippen molar-refractivity contribution in [2.75, 3.05) is 13.7 Å². The third-order valence-corrected chi connectivity index (χ3v) is 4.46. The van der Waals surface area contributed by atoms with Crippen molar-refractivity contribution in [3.63, 3.8) is 0 Å². The van der Waals surface area contributed by atoms with Gasteiger partial charge in [-0.3, -0.25) is 0 Å². The first-order valence-electron chi connectivity index (χ1n) is 7.98. The van der Waals surface area contributed by atoms with Crippen molar-refractivity contribution in [2.24, 2.45) is 0 Å². The summed E-state index contributed by atoms with van der Waals surface area (Å²) in [7, 11) is 0.983. The molecule has 1 aromatic rings. The Labute approximate surface area is 151 Å². The number of carbonyl (C=O) groups excluding carboxylic acids is 2. The van der Waals surface area contributed by atoms with Gasteiger partial charge in [-0.25, -0.2) is 27.2 Å². The zero-order valence-corrected chi connectivity index (χ0v) is 14.3. The molecule has 0 aromatic heterocycles. The normalized spacial score (nSPS) is 20.4. The van der Waals surface area contributed by atoms with Crippen LogP contribution in [0.25, 0.3) is 0 Å². The number of benzene rings is 1. The smallest absolute Gasteiger partial charge is 0.337 e. The van der Waals surface area contributed by atoms with Crippen LogP contribution in [-0.4, -0.2) is 32.1 Å². The first-order valence-corrected chi connectivity index (χ1v) is 7.98. The molecule has 5 nitrogen and oxygen atoms in total. The number of ether oxygens (including phenoxy) is 2. The fourth-order valence-electron chi connectivity index (χ4n) is 3.39. The fourth-order valence-corrected chi connectivity index (χ4v) is 3.39. The maximum atomic E-state index is 14.3. The molecule has 0 fully saturated rings. The maximum absolute atomic E-state index is 14.3. The monoisotopic (exact) mass is 385 g/mol. The van der Waals surface area contributed by atoms with Crippen LogP contribution < -0.4 is 5.32 Å². The van der Waals surface area contributed by atoms with Crippen LogP contribution in [0.15, 0.2) is 40.7 Å². The molecular weight excluding hydrogens is 370 g/mol. The number of hydrogen-bond donors (Lipinski definition) is 1. The number of alkyl halides is 3. The Bertz CT molecular complexity index is 876. The highest BCUT2D eigenvalue weighted by Gasteiger charge is 2.45. The van der Waals surface area contributed by atoms with Gasteiger partial charge in [0, 0.05) is 5.56 Å². The molecule has 0 saturated carbocycles. The number of nitrogens with one attached hydrogen (secondary N) is 1. The molecule has 0 bridgehead atoms. The van der Waals surface area contributed by atoms with E-state index in [1.165, 1.54) is 12.1 Å². The Balaban J connectivity index is 2.34. The molecule has 27 heavy (non-hydrogen) atoms. The van der Waals surface area contributed by atoms with Crippen molar-refractivity contribution in [3.8, 4) is 0 Å². The van der Waals surface area contributed by atoms with Crippen molar-refractivity contribution in [2.45, 2.75) is 25.4 Å². The Kier molecular flexibility index (Phi) is 4.95. The zero-order valence-electron chi connectivity index (χ0n) is 14.3. The molecule has 3 rings (SSSR count). The van der Waals surface area contributed by atoms with E-state index in [-0.39, 0.29) is 23.4 Å². The summed E-state index contributed by atoms with van der Waals surface area (Å²) in [5, 5.41) is 2.35. The largest absolute Gasteiger partial charge is 0.466 e. The van der Waals surface area contributed by atoms with Gasteiger partial charge in [0.1, 0.15) is 18.6 Å². The molecule has 0 spiro atoms. The number of carbonyl (C=O) groups is 2. The summed E-state index contributed by atoms with van der Waals surface area (Å²) in [4.78, 5) is 24.5. The van der Waals surface area contributed by atoms with Crippen LogP contribution in [0.5, 0.6) is 0 Å². The Morgan fingerprint density at radius 2 is 2.04 bits per heavy atom. The number of halogens is 4. The van der Waals surface area contributed by atoms with Crippen molar-refractivity contribution >= 4 is 11.9 Å². The van der Waals surface area contributed by atoms with Crippen LogP contribution >= 0.6 is 0 Å². The third-order valence-electron chi connectivity index (χ3n) is 4.46. The maximum Gasteiger partial charge on any atom is 0.337 e. The SMILES string of the molecule is COC(=O)C1=C(C(F)F)NC2=C(C(=O)OC2)[C@H]1c1cccc(F)c1[C@H](C)F. The summed E-state index contributed by atoms with van der Waals surface area (Å²) in [6, 6.07) is 3.54. The van der Waals surface area contributed by atoms with E-state index in [2.05, 4.69) is 10.1 Å². The minimum Gasteiger partial charge on any atom is -0.466 e. The van der Waals surface area contributed by atoms with E-state index in [0.29, 0.717) is 0 Å². The lowest BCUT2D eigenvalue weighted by molar-refractivity contribution is -0.136. The lowest BCUT2D eigenvalue weighted by Gasteiger charge is -2.29. The van der Waals surface area contributed by atoms with Gasteiger partial charge in [-0.05, 0) is 18.6 Å². The first-order chi connectivity index (χ1) is 12.8. The molecule has 2 aliphatic rings. The average molecular weight is 385 g/mol. The second kappa shape index (κ2) is 7.05. The van der Waals surface area contributed by atoms with Crippen molar-refractivity contribution < 1.29 is 36.6 Å². The van der Waals surface area contributed by atoms with Crippen LogP contribution in [0, 0.1) is 5.82 Å². The highest BCUT2D eigenvalue weighted by molar-refractivity contribution is 6.01. The number of dihydropyridines is 1. The predicted molar refractivity (Wildman–Crippen MR) is 84.8 cm³/mol. The highest BCUT2D eigenvalue weighted by Crippen LogP contribution is 2.45. The molecule has 144 valence electrons. The molecule has 0 saturated heterocycles. The molecule has 2 aliphatic heterocycles. The summed E-state index contributed by atoms with van der Waals surface area (Å²) in [6.07, 6.45) is -4.93. The first kappa shape index (κ1) is 18.9. The van der Waals surface area contributed by atoms with E-state index >= 15 is 0 Å². The summed E-state index contributed by atoms with van der Waals surface area (Å²) >= 11 is 0. The summed E-state index contributed by atoms with van der Waals surface area (Å²) in [5.74, 6) is -4.37. The van der Waals surface area contributed by atoms with Gasteiger partial charge < -0.3 is 14.8 Å². The second-order valence-electron chi connectivity index (χ2n) is 6.00. The average Bonchev–Trinajstić information content (AvgIpc) is 2.99. The molecule has 1 aromatic carbocycles. The minimum atomic E-state index is -3.12. The molecular formula is C18H15F4NO4. The van der Waals surface area contributed by atoms with E-state index in [4.69, 9.17) is 4.74 Å². The van der Waals surface area contributed by atoms with Gasteiger partial charge in [-0.2, -0.15) is 0 Å². The van der Waals surface area contributed by atoms with Crippen LogP contribution in [-0.2, 0) is 19.1 Å². The molecule has 0 unspecified atom stereocenters. The molecule has 2 atom stereocenters. The van der Waals surface area contributed by atoms with Crippen molar-refractivity contribution in [1.82, 2.24) is 5.32 Å². The number of rotatable bonds is 4. The molecule has 0 amide bonds. The zero-order chi connectivity index (χ0) is 19.9. The van der Waals surface area contributed by atoms with Gasteiger partial charge in [0.05, 0.1) is 35.6 Å². The molecule has 1 N–H and O–H groups in total. The van der Waals surface area contributed by atoms with E-state index in [0.717, 1.165) is 20.1 Å². The highest BCUT2D eigenvalue weighted by atomic mass is 19.3. The summed E-state index contributed by atoms with van der Waals surface area (Å²) in [6.45, 7) is 0.756. The molecule has 2 heterocycles. The lowest BCUT2D eigenvalue weighted by atomic mass is 9.78. The molecule has 0 aliphatic carbocycles. The van der Waals surface area contributed by atoms with Gasteiger partial charge in [0.2, 0.25) is 0 Å². The number of hydrogen-bond acceptors (Lipinski definition) is 5. The third kappa shape index (κ3) is 3.07. The predicted octanol–water partition coefficient (Wildman–Crippen LogP) is 3.05. The van der Waals surface area contributed by atoms with Crippen molar-refractivity contribution in [3.05, 3.63) is 57.7 Å². The Morgan fingerprint density at radius 3 is 2.63 bits per heavy atom. The number of methoxy groups -OCH3 is 1.